The maximum atomic E-state index is 10.2. The van der Waals surface area contributed by atoms with Crippen LogP contribution in [-0.2, 0) is 9.57 Å². The van der Waals surface area contributed by atoms with Crippen molar-refractivity contribution < 1.29 is 19.2 Å². The Morgan fingerprint density at radius 1 is 1.60 bits per heavy atom. The topological polar surface area (TPSA) is 90.7 Å². The van der Waals surface area contributed by atoms with Crippen LogP contribution < -0.4 is 11.2 Å². The Labute approximate surface area is 57.2 Å². The number of nitrogens with one attached hydrogen (secondary N) is 1. The third-order valence-electron chi connectivity index (χ3n) is 0.497. The van der Waals surface area contributed by atoms with Gasteiger partial charge in [-0.05, 0) is 6.92 Å². The number of hydrogen-bond acceptors (Lipinski definition) is 4. The van der Waals surface area contributed by atoms with Crippen LogP contribution in [0.5, 0.6) is 0 Å². The Bertz CT molecular complexity index is 135. The van der Waals surface area contributed by atoms with Crippen molar-refractivity contribution in [2.75, 3.05) is 6.61 Å². The molecule has 0 bridgehead atoms. The summed E-state index contributed by atoms with van der Waals surface area (Å²) in [5.41, 5.74) is 6.15. The fourth-order valence-corrected chi connectivity index (χ4v) is 0.239. The molecule has 0 spiro atoms. The van der Waals surface area contributed by atoms with Crippen LogP contribution in [0.2, 0.25) is 0 Å². The summed E-state index contributed by atoms with van der Waals surface area (Å²) in [7, 11) is 0. The van der Waals surface area contributed by atoms with Crippen LogP contribution in [0.4, 0.5) is 9.59 Å². The highest BCUT2D eigenvalue weighted by atomic mass is 16.8. The SMILES string of the molecule is CCOC(=O)ONC(N)=O. The molecular weight excluding hydrogens is 140 g/mol. The van der Waals surface area contributed by atoms with E-state index in [9.17, 15) is 9.59 Å². The van der Waals surface area contributed by atoms with Gasteiger partial charge in [-0.3, -0.25) is 0 Å². The lowest BCUT2D eigenvalue weighted by Crippen LogP contribution is -2.32. The number of rotatable bonds is 1. The average Bonchev–Trinajstić information content (AvgIpc) is 1.85. The molecule has 0 saturated carbocycles. The van der Waals surface area contributed by atoms with Crippen molar-refractivity contribution in [1.82, 2.24) is 5.48 Å². The molecule has 0 unspecified atom stereocenters. The first-order chi connectivity index (χ1) is 4.66. The highest BCUT2D eigenvalue weighted by molar-refractivity contribution is 5.72. The predicted octanol–water partition coefficient (Wildman–Crippen LogP) is -0.257. The van der Waals surface area contributed by atoms with Gasteiger partial charge in [0, 0.05) is 0 Å². The van der Waals surface area contributed by atoms with Crippen molar-refractivity contribution in [3.8, 4) is 0 Å². The molecule has 0 aromatic heterocycles. The largest absolute Gasteiger partial charge is 0.533 e. The molecule has 0 radical (unpaired) electrons. The Balaban J connectivity index is 3.30. The minimum absolute atomic E-state index is 0.180. The summed E-state index contributed by atoms with van der Waals surface area (Å²) < 4.78 is 4.26. The first-order valence-corrected chi connectivity index (χ1v) is 2.56. The van der Waals surface area contributed by atoms with E-state index in [1.165, 1.54) is 0 Å². The van der Waals surface area contributed by atoms with Crippen molar-refractivity contribution in [3.63, 3.8) is 0 Å². The van der Waals surface area contributed by atoms with Gasteiger partial charge in [-0.2, -0.15) is 5.48 Å². The van der Waals surface area contributed by atoms with E-state index in [1.807, 2.05) is 0 Å². The normalized spacial score (nSPS) is 8.10. The van der Waals surface area contributed by atoms with Crippen LogP contribution in [-0.4, -0.2) is 18.8 Å². The lowest BCUT2D eigenvalue weighted by molar-refractivity contribution is 0.0315. The Morgan fingerprint density at radius 2 is 2.20 bits per heavy atom. The lowest BCUT2D eigenvalue weighted by Gasteiger charge is -2.00. The Hall–Kier alpha value is -1.46. The van der Waals surface area contributed by atoms with Crippen molar-refractivity contribution in [3.05, 3.63) is 0 Å². The minimum atomic E-state index is -0.985. The van der Waals surface area contributed by atoms with E-state index in [4.69, 9.17) is 0 Å². The number of carbonyl (C=O) groups is 2. The van der Waals surface area contributed by atoms with Gasteiger partial charge < -0.3 is 15.3 Å². The lowest BCUT2D eigenvalue weighted by atomic mass is 10.9. The van der Waals surface area contributed by atoms with Crippen LogP contribution in [0.3, 0.4) is 0 Å². The predicted molar refractivity (Wildman–Crippen MR) is 30.8 cm³/mol. The van der Waals surface area contributed by atoms with Gasteiger partial charge in [0.2, 0.25) is 0 Å². The molecule has 0 heterocycles. The highest BCUT2D eigenvalue weighted by Crippen LogP contribution is 1.79. The molecule has 58 valence electrons. The van der Waals surface area contributed by atoms with E-state index in [2.05, 4.69) is 15.3 Å². The van der Waals surface area contributed by atoms with Crippen LogP contribution >= 0.6 is 0 Å². The molecule has 0 aliphatic rings. The maximum Gasteiger partial charge on any atom is 0.533 e. The molecular formula is C4H8N2O4. The van der Waals surface area contributed by atoms with E-state index in [0.29, 0.717) is 0 Å². The van der Waals surface area contributed by atoms with Gasteiger partial charge >= 0.3 is 12.2 Å². The fraction of sp³-hybridized carbons (Fsp3) is 0.500. The minimum Gasteiger partial charge on any atom is -0.433 e. The summed E-state index contributed by atoms with van der Waals surface area (Å²) in [5.74, 6) is 0. The first-order valence-electron chi connectivity index (χ1n) is 2.56. The number of amides is 2. The second-order valence-corrected chi connectivity index (χ2v) is 1.25. The van der Waals surface area contributed by atoms with Crippen LogP contribution in [0.15, 0.2) is 0 Å². The summed E-state index contributed by atoms with van der Waals surface area (Å²) >= 11 is 0. The standard InChI is InChI=1S/C4H8N2O4/c1-2-9-4(8)10-6-3(5)7/h2H2,1H3,(H3,5,6,7). The molecule has 0 aromatic carbocycles. The number of hydroxylamine groups is 1. The average molecular weight is 148 g/mol. The van der Waals surface area contributed by atoms with Gasteiger partial charge in [0.05, 0.1) is 6.61 Å². The van der Waals surface area contributed by atoms with Gasteiger partial charge in [-0.15, -0.1) is 0 Å². The van der Waals surface area contributed by atoms with E-state index in [-0.39, 0.29) is 6.61 Å². The van der Waals surface area contributed by atoms with Gasteiger partial charge in [0.15, 0.2) is 0 Å². The summed E-state index contributed by atoms with van der Waals surface area (Å²) in [5, 5.41) is 0. The summed E-state index contributed by atoms with van der Waals surface area (Å²) in [4.78, 5) is 24.1. The summed E-state index contributed by atoms with van der Waals surface area (Å²) in [6.07, 6.45) is -0.985. The molecule has 10 heavy (non-hydrogen) atoms. The monoisotopic (exact) mass is 148 g/mol. The van der Waals surface area contributed by atoms with Crippen LogP contribution in [0, 0.1) is 0 Å². The molecule has 6 nitrogen and oxygen atoms in total. The van der Waals surface area contributed by atoms with Crippen molar-refractivity contribution in [2.24, 2.45) is 5.73 Å². The van der Waals surface area contributed by atoms with E-state index in [1.54, 1.807) is 12.4 Å². The molecule has 0 rings (SSSR count). The van der Waals surface area contributed by atoms with Crippen molar-refractivity contribution >= 4 is 12.2 Å². The second kappa shape index (κ2) is 4.42. The van der Waals surface area contributed by atoms with Gasteiger partial charge in [0.1, 0.15) is 0 Å². The summed E-state index contributed by atoms with van der Waals surface area (Å²) in [6, 6.07) is -0.951. The number of ether oxygens (including phenoxy) is 1. The zero-order valence-electron chi connectivity index (χ0n) is 5.42. The molecule has 0 saturated heterocycles. The molecule has 0 aliphatic carbocycles. The van der Waals surface area contributed by atoms with Gasteiger partial charge in [-0.25, -0.2) is 9.59 Å². The number of hydrogen-bond donors (Lipinski definition) is 2. The summed E-state index contributed by atoms with van der Waals surface area (Å²) in [6.45, 7) is 1.78. The molecule has 0 atom stereocenters. The second-order valence-electron chi connectivity index (χ2n) is 1.25. The molecule has 2 amide bonds. The number of primary amides is 1. The number of nitrogens with two attached hydrogens (primary N) is 1. The fourth-order valence-electron chi connectivity index (χ4n) is 0.239. The van der Waals surface area contributed by atoms with Crippen molar-refractivity contribution in [2.45, 2.75) is 6.92 Å². The zero-order valence-corrected chi connectivity index (χ0v) is 5.42. The van der Waals surface area contributed by atoms with Crippen LogP contribution in [0.1, 0.15) is 6.92 Å². The molecule has 0 aromatic rings. The molecule has 0 fully saturated rings. The number of carbonyl (C=O) groups excluding carboxylic acids is 2. The van der Waals surface area contributed by atoms with E-state index >= 15 is 0 Å². The number of urea groups is 1. The van der Waals surface area contributed by atoms with Crippen LogP contribution in [0.25, 0.3) is 0 Å². The first kappa shape index (κ1) is 8.54. The molecule has 0 aliphatic heterocycles. The Morgan fingerprint density at radius 3 is 2.60 bits per heavy atom. The quantitative estimate of drug-likeness (QED) is 0.396. The third-order valence-corrected chi connectivity index (χ3v) is 0.497. The van der Waals surface area contributed by atoms with Gasteiger partial charge in [-0.1, -0.05) is 0 Å². The maximum absolute atomic E-state index is 10.2. The Kier molecular flexibility index (Phi) is 3.78. The zero-order chi connectivity index (χ0) is 7.98. The smallest absolute Gasteiger partial charge is 0.433 e. The van der Waals surface area contributed by atoms with E-state index in [0.717, 1.165) is 0 Å². The van der Waals surface area contributed by atoms with Gasteiger partial charge in [0.25, 0.3) is 0 Å². The molecule has 3 N–H and O–H groups in total. The van der Waals surface area contributed by atoms with Crippen molar-refractivity contribution in [1.29, 1.82) is 0 Å². The molecule has 6 heteroatoms. The van der Waals surface area contributed by atoms with E-state index < -0.39 is 12.2 Å². The third kappa shape index (κ3) is 4.69. The highest BCUT2D eigenvalue weighted by Gasteiger charge is 2.02.